The molecule has 0 radical (unpaired) electrons. The molecule has 0 aromatic carbocycles. The van der Waals surface area contributed by atoms with Crippen LogP contribution in [0.4, 0.5) is 5.82 Å². The summed E-state index contributed by atoms with van der Waals surface area (Å²) >= 11 is 0. The SMILES string of the molecule is CC(C)(C)c1ccc(N2CCCC(C3CCCN3)C2)nc1. The van der Waals surface area contributed by atoms with Crippen molar-refractivity contribution < 1.29 is 0 Å². The lowest BCUT2D eigenvalue weighted by Gasteiger charge is -2.36. The highest BCUT2D eigenvalue weighted by molar-refractivity contribution is 5.41. The van der Waals surface area contributed by atoms with Crippen molar-refractivity contribution in [3.05, 3.63) is 23.9 Å². The van der Waals surface area contributed by atoms with Crippen LogP contribution in [0.3, 0.4) is 0 Å². The minimum atomic E-state index is 0.184. The lowest BCUT2D eigenvalue weighted by molar-refractivity contribution is 0.328. The Morgan fingerprint density at radius 1 is 1.19 bits per heavy atom. The maximum absolute atomic E-state index is 4.74. The normalized spacial score (nSPS) is 27.1. The zero-order valence-electron chi connectivity index (χ0n) is 13.7. The van der Waals surface area contributed by atoms with Crippen LogP contribution in [0.25, 0.3) is 0 Å². The summed E-state index contributed by atoms with van der Waals surface area (Å²) in [5.74, 6) is 1.95. The lowest BCUT2D eigenvalue weighted by Crippen LogP contribution is -2.43. The fourth-order valence-electron chi connectivity index (χ4n) is 3.68. The van der Waals surface area contributed by atoms with E-state index in [2.05, 4.69) is 49.3 Å². The Labute approximate surface area is 129 Å². The quantitative estimate of drug-likeness (QED) is 0.904. The zero-order chi connectivity index (χ0) is 14.9. The summed E-state index contributed by atoms with van der Waals surface area (Å²) in [6, 6.07) is 5.20. The maximum atomic E-state index is 4.74. The number of hydrogen-bond donors (Lipinski definition) is 1. The van der Waals surface area contributed by atoms with Crippen LogP contribution in [-0.2, 0) is 5.41 Å². The van der Waals surface area contributed by atoms with E-state index in [4.69, 9.17) is 4.98 Å². The van der Waals surface area contributed by atoms with E-state index < -0.39 is 0 Å². The summed E-state index contributed by atoms with van der Waals surface area (Å²) in [4.78, 5) is 7.22. The molecule has 2 fully saturated rings. The number of hydrogen-bond acceptors (Lipinski definition) is 3. The van der Waals surface area contributed by atoms with Crippen molar-refractivity contribution in [2.45, 2.75) is 57.9 Å². The van der Waals surface area contributed by atoms with Crippen LogP contribution >= 0.6 is 0 Å². The van der Waals surface area contributed by atoms with Gasteiger partial charge in [0.2, 0.25) is 0 Å². The van der Waals surface area contributed by atoms with Crippen LogP contribution in [-0.4, -0.2) is 30.7 Å². The molecule has 3 heteroatoms. The van der Waals surface area contributed by atoms with Gasteiger partial charge in [0.25, 0.3) is 0 Å². The molecule has 1 aromatic heterocycles. The van der Waals surface area contributed by atoms with E-state index >= 15 is 0 Å². The van der Waals surface area contributed by atoms with E-state index in [1.807, 2.05) is 0 Å². The highest BCUT2D eigenvalue weighted by Crippen LogP contribution is 2.28. The van der Waals surface area contributed by atoms with Gasteiger partial charge in [0, 0.05) is 25.3 Å². The van der Waals surface area contributed by atoms with Gasteiger partial charge in [0.1, 0.15) is 5.82 Å². The minimum absolute atomic E-state index is 0.184. The molecule has 2 unspecified atom stereocenters. The van der Waals surface area contributed by atoms with Gasteiger partial charge in [-0.1, -0.05) is 26.8 Å². The molecule has 0 amide bonds. The summed E-state index contributed by atoms with van der Waals surface area (Å²) in [5, 5.41) is 3.68. The number of aromatic nitrogens is 1. The van der Waals surface area contributed by atoms with Crippen LogP contribution < -0.4 is 10.2 Å². The van der Waals surface area contributed by atoms with Gasteiger partial charge in [-0.3, -0.25) is 0 Å². The van der Waals surface area contributed by atoms with Crippen molar-refractivity contribution in [2.24, 2.45) is 5.92 Å². The Morgan fingerprint density at radius 2 is 2.05 bits per heavy atom. The highest BCUT2D eigenvalue weighted by Gasteiger charge is 2.29. The van der Waals surface area contributed by atoms with Crippen LogP contribution in [0.5, 0.6) is 0 Å². The number of nitrogens with one attached hydrogen (secondary N) is 1. The van der Waals surface area contributed by atoms with Crippen molar-refractivity contribution in [3.8, 4) is 0 Å². The first-order valence-corrected chi connectivity index (χ1v) is 8.49. The summed E-state index contributed by atoms with van der Waals surface area (Å²) < 4.78 is 0. The molecule has 0 saturated carbocycles. The van der Waals surface area contributed by atoms with Gasteiger partial charge in [-0.2, -0.15) is 0 Å². The second-order valence-corrected chi connectivity index (χ2v) is 7.71. The topological polar surface area (TPSA) is 28.2 Å². The average Bonchev–Trinajstić information content (AvgIpc) is 3.01. The van der Waals surface area contributed by atoms with Gasteiger partial charge in [-0.05, 0) is 55.2 Å². The number of nitrogens with zero attached hydrogens (tertiary/aromatic N) is 2. The molecule has 0 spiro atoms. The van der Waals surface area contributed by atoms with Crippen molar-refractivity contribution in [1.29, 1.82) is 0 Å². The van der Waals surface area contributed by atoms with Gasteiger partial charge >= 0.3 is 0 Å². The van der Waals surface area contributed by atoms with Crippen molar-refractivity contribution in [3.63, 3.8) is 0 Å². The Hall–Kier alpha value is -1.09. The fraction of sp³-hybridized carbons (Fsp3) is 0.722. The van der Waals surface area contributed by atoms with Crippen LogP contribution in [0.15, 0.2) is 18.3 Å². The summed E-state index contributed by atoms with van der Waals surface area (Å²) in [6.07, 6.45) is 7.43. The molecule has 3 rings (SSSR count). The zero-order valence-corrected chi connectivity index (χ0v) is 13.7. The molecule has 0 aliphatic carbocycles. The minimum Gasteiger partial charge on any atom is -0.356 e. The second-order valence-electron chi connectivity index (χ2n) is 7.71. The lowest BCUT2D eigenvalue weighted by atomic mass is 9.88. The van der Waals surface area contributed by atoms with E-state index in [-0.39, 0.29) is 5.41 Å². The van der Waals surface area contributed by atoms with Crippen LogP contribution in [0.2, 0.25) is 0 Å². The van der Waals surface area contributed by atoms with Crippen molar-refractivity contribution >= 4 is 5.82 Å². The number of rotatable bonds is 2. The van der Waals surface area contributed by atoms with Gasteiger partial charge in [0.15, 0.2) is 0 Å². The van der Waals surface area contributed by atoms with Crippen LogP contribution in [0.1, 0.15) is 52.0 Å². The van der Waals surface area contributed by atoms with Crippen molar-refractivity contribution in [1.82, 2.24) is 10.3 Å². The van der Waals surface area contributed by atoms with E-state index in [0.29, 0.717) is 0 Å². The molecule has 3 heterocycles. The second kappa shape index (κ2) is 5.96. The van der Waals surface area contributed by atoms with Gasteiger partial charge < -0.3 is 10.2 Å². The summed E-state index contributed by atoms with van der Waals surface area (Å²) in [7, 11) is 0. The van der Waals surface area contributed by atoms with Crippen LogP contribution in [0, 0.1) is 5.92 Å². The number of anilines is 1. The molecule has 116 valence electrons. The van der Waals surface area contributed by atoms with E-state index in [1.54, 1.807) is 0 Å². The third-order valence-electron chi connectivity index (χ3n) is 5.06. The molecule has 2 atom stereocenters. The maximum Gasteiger partial charge on any atom is 0.128 e. The molecule has 1 aromatic rings. The summed E-state index contributed by atoms with van der Waals surface area (Å²) in [5.41, 5.74) is 1.50. The first kappa shape index (κ1) is 14.8. The first-order valence-electron chi connectivity index (χ1n) is 8.49. The first-order chi connectivity index (χ1) is 10.0. The molecule has 2 aliphatic heterocycles. The van der Waals surface area contributed by atoms with Gasteiger partial charge in [-0.15, -0.1) is 0 Å². The van der Waals surface area contributed by atoms with Gasteiger partial charge in [-0.25, -0.2) is 4.98 Å². The number of piperidine rings is 1. The molecule has 3 nitrogen and oxygen atoms in total. The third kappa shape index (κ3) is 3.39. The molecule has 21 heavy (non-hydrogen) atoms. The highest BCUT2D eigenvalue weighted by atomic mass is 15.2. The molecular formula is C18H29N3. The van der Waals surface area contributed by atoms with E-state index in [9.17, 15) is 0 Å². The molecule has 0 bridgehead atoms. The smallest absolute Gasteiger partial charge is 0.128 e. The van der Waals surface area contributed by atoms with Crippen molar-refractivity contribution in [2.75, 3.05) is 24.5 Å². The Bertz CT molecular complexity index is 454. The monoisotopic (exact) mass is 287 g/mol. The molecule has 2 saturated heterocycles. The van der Waals surface area contributed by atoms with Gasteiger partial charge in [0.05, 0.1) is 0 Å². The third-order valence-corrected chi connectivity index (χ3v) is 5.06. The largest absolute Gasteiger partial charge is 0.356 e. The predicted molar refractivity (Wildman–Crippen MR) is 88.9 cm³/mol. The predicted octanol–water partition coefficient (Wildman–Crippen LogP) is 3.35. The number of pyridine rings is 1. The van der Waals surface area contributed by atoms with E-state index in [0.717, 1.165) is 24.3 Å². The fourth-order valence-corrected chi connectivity index (χ4v) is 3.68. The Kier molecular flexibility index (Phi) is 4.21. The Balaban J connectivity index is 1.68. The average molecular weight is 287 g/mol. The molecule has 2 aliphatic rings. The Morgan fingerprint density at radius 3 is 2.67 bits per heavy atom. The molecule has 1 N–H and O–H groups in total. The molecular weight excluding hydrogens is 258 g/mol. The standard InChI is InChI=1S/C18H29N3/c1-18(2,3)15-8-9-17(20-12-15)21-11-5-6-14(13-21)16-7-4-10-19-16/h8-9,12,14,16,19H,4-7,10-11,13H2,1-3H3. The van der Waals surface area contributed by atoms with E-state index in [1.165, 1.54) is 44.3 Å². The summed E-state index contributed by atoms with van der Waals surface area (Å²) in [6.45, 7) is 10.3.